The van der Waals surface area contributed by atoms with Gasteiger partial charge >= 0.3 is 6.09 Å². The Morgan fingerprint density at radius 2 is 1.67 bits per heavy atom. The summed E-state index contributed by atoms with van der Waals surface area (Å²) in [6, 6.07) is 9.36. The summed E-state index contributed by atoms with van der Waals surface area (Å²) in [5.74, 6) is 0. The van der Waals surface area contributed by atoms with Crippen LogP contribution in [0.4, 0.5) is 10.5 Å². The van der Waals surface area contributed by atoms with Crippen LogP contribution in [0.2, 0.25) is 0 Å². The molecular formula is C17H28N2O2. The van der Waals surface area contributed by atoms with Gasteiger partial charge in [-0.3, -0.25) is 10.2 Å². The molecule has 0 aliphatic heterocycles. The predicted molar refractivity (Wildman–Crippen MR) is 87.7 cm³/mol. The van der Waals surface area contributed by atoms with Gasteiger partial charge in [-0.1, -0.05) is 44.9 Å². The fourth-order valence-corrected chi connectivity index (χ4v) is 2.04. The Labute approximate surface area is 128 Å². The Balaban J connectivity index is 2.23. The monoisotopic (exact) mass is 292 g/mol. The first-order chi connectivity index (χ1) is 10.3. The van der Waals surface area contributed by atoms with Crippen molar-refractivity contribution in [2.75, 3.05) is 31.6 Å². The normalized spacial score (nSPS) is 10.6. The van der Waals surface area contributed by atoms with E-state index in [1.54, 1.807) is 0 Å². The number of rotatable bonds is 10. The van der Waals surface area contributed by atoms with Gasteiger partial charge in [0.1, 0.15) is 6.61 Å². The van der Waals surface area contributed by atoms with E-state index < -0.39 is 0 Å². The number of para-hydroxylation sites is 1. The van der Waals surface area contributed by atoms with Crippen LogP contribution >= 0.6 is 0 Å². The average Bonchev–Trinajstić information content (AvgIpc) is 2.50. The lowest BCUT2D eigenvalue weighted by Gasteiger charge is -2.21. The standard InChI is InChI=1S/C17H28N2O2/c1-3-5-12-19(13-6-4-2)14-15-21-17(20)18-16-10-8-7-9-11-16/h7-11H,3-6,12-15H2,1-2H3,(H,18,20). The summed E-state index contributed by atoms with van der Waals surface area (Å²) >= 11 is 0. The van der Waals surface area contributed by atoms with Gasteiger partial charge in [0, 0.05) is 12.2 Å². The Morgan fingerprint density at radius 1 is 1.05 bits per heavy atom. The highest BCUT2D eigenvalue weighted by Crippen LogP contribution is 2.05. The topological polar surface area (TPSA) is 41.6 Å². The molecule has 0 aliphatic rings. The zero-order valence-corrected chi connectivity index (χ0v) is 13.3. The van der Waals surface area contributed by atoms with Crippen LogP contribution in [0.5, 0.6) is 0 Å². The molecule has 0 fully saturated rings. The Morgan fingerprint density at radius 3 is 2.24 bits per heavy atom. The number of unbranched alkanes of at least 4 members (excludes halogenated alkanes) is 2. The maximum atomic E-state index is 11.7. The van der Waals surface area contributed by atoms with Crippen LogP contribution in [-0.4, -0.2) is 37.2 Å². The highest BCUT2D eigenvalue weighted by atomic mass is 16.5. The SMILES string of the molecule is CCCCN(CCCC)CCOC(=O)Nc1ccccc1. The van der Waals surface area contributed by atoms with Gasteiger partial charge in [-0.15, -0.1) is 0 Å². The second-order valence-electron chi connectivity index (χ2n) is 5.18. The largest absolute Gasteiger partial charge is 0.448 e. The molecule has 0 spiro atoms. The van der Waals surface area contributed by atoms with Gasteiger partial charge in [0.15, 0.2) is 0 Å². The Hall–Kier alpha value is -1.55. The van der Waals surface area contributed by atoms with Crippen molar-refractivity contribution in [1.82, 2.24) is 4.90 Å². The molecule has 21 heavy (non-hydrogen) atoms. The number of hydrogen-bond donors (Lipinski definition) is 1. The van der Waals surface area contributed by atoms with E-state index in [0.29, 0.717) is 6.61 Å². The van der Waals surface area contributed by atoms with Gasteiger partial charge < -0.3 is 4.74 Å². The molecule has 0 aromatic heterocycles. The average molecular weight is 292 g/mol. The Kier molecular flexibility index (Phi) is 9.29. The lowest BCUT2D eigenvalue weighted by molar-refractivity contribution is 0.138. The summed E-state index contributed by atoms with van der Waals surface area (Å²) in [6.07, 6.45) is 4.39. The van der Waals surface area contributed by atoms with Crippen LogP contribution in [0, 0.1) is 0 Å². The first-order valence-corrected chi connectivity index (χ1v) is 7.97. The quantitative estimate of drug-likeness (QED) is 0.704. The van der Waals surface area contributed by atoms with Crippen LogP contribution in [-0.2, 0) is 4.74 Å². The number of carbonyl (C=O) groups excluding carboxylic acids is 1. The number of nitrogens with zero attached hydrogens (tertiary/aromatic N) is 1. The summed E-state index contributed by atoms with van der Waals surface area (Å²) in [6.45, 7) is 7.80. The molecule has 0 saturated carbocycles. The fourth-order valence-electron chi connectivity index (χ4n) is 2.04. The summed E-state index contributed by atoms with van der Waals surface area (Å²) in [7, 11) is 0. The molecule has 1 N–H and O–H groups in total. The van der Waals surface area contributed by atoms with Gasteiger partial charge in [0.05, 0.1) is 0 Å². The van der Waals surface area contributed by atoms with Crippen molar-refractivity contribution >= 4 is 11.8 Å². The molecule has 0 unspecified atom stereocenters. The van der Waals surface area contributed by atoms with Crippen molar-refractivity contribution in [3.8, 4) is 0 Å². The van der Waals surface area contributed by atoms with Crippen LogP contribution in [0.3, 0.4) is 0 Å². The molecule has 1 rings (SSSR count). The highest BCUT2D eigenvalue weighted by molar-refractivity contribution is 5.84. The van der Waals surface area contributed by atoms with Crippen LogP contribution < -0.4 is 5.32 Å². The molecular weight excluding hydrogens is 264 g/mol. The second kappa shape index (κ2) is 11.1. The zero-order chi connectivity index (χ0) is 15.3. The van der Waals surface area contributed by atoms with Gasteiger partial charge in [0.25, 0.3) is 0 Å². The number of nitrogens with one attached hydrogen (secondary N) is 1. The van der Waals surface area contributed by atoms with E-state index in [1.807, 2.05) is 30.3 Å². The molecule has 0 heterocycles. The third kappa shape index (κ3) is 8.35. The van der Waals surface area contributed by atoms with Crippen LogP contribution in [0.1, 0.15) is 39.5 Å². The van der Waals surface area contributed by atoms with E-state index in [9.17, 15) is 4.79 Å². The van der Waals surface area contributed by atoms with Gasteiger partial charge in [0.2, 0.25) is 0 Å². The van der Waals surface area contributed by atoms with E-state index in [0.717, 1.165) is 25.3 Å². The minimum Gasteiger partial charge on any atom is -0.448 e. The van der Waals surface area contributed by atoms with Crippen molar-refractivity contribution in [2.45, 2.75) is 39.5 Å². The molecule has 1 aromatic carbocycles. The molecule has 1 amide bonds. The number of ether oxygens (including phenoxy) is 1. The number of benzene rings is 1. The third-order valence-electron chi connectivity index (χ3n) is 3.32. The minimum absolute atomic E-state index is 0.382. The Bertz CT molecular complexity index is 374. The van der Waals surface area contributed by atoms with E-state index >= 15 is 0 Å². The molecule has 0 radical (unpaired) electrons. The van der Waals surface area contributed by atoms with Crippen molar-refractivity contribution < 1.29 is 9.53 Å². The summed E-state index contributed by atoms with van der Waals surface area (Å²) in [5.41, 5.74) is 0.760. The first-order valence-electron chi connectivity index (χ1n) is 7.97. The van der Waals surface area contributed by atoms with Crippen LogP contribution in [0.15, 0.2) is 30.3 Å². The maximum absolute atomic E-state index is 11.7. The molecule has 1 aromatic rings. The number of carbonyl (C=O) groups is 1. The van der Waals surface area contributed by atoms with Gasteiger partial charge in [-0.05, 0) is 38.1 Å². The van der Waals surface area contributed by atoms with E-state index in [1.165, 1.54) is 25.7 Å². The predicted octanol–water partition coefficient (Wildman–Crippen LogP) is 4.14. The van der Waals surface area contributed by atoms with Gasteiger partial charge in [-0.25, -0.2) is 4.79 Å². The van der Waals surface area contributed by atoms with Crippen molar-refractivity contribution in [3.05, 3.63) is 30.3 Å². The van der Waals surface area contributed by atoms with Crippen molar-refractivity contribution in [2.24, 2.45) is 0 Å². The summed E-state index contributed by atoms with van der Waals surface area (Å²) < 4.78 is 5.24. The fraction of sp³-hybridized carbons (Fsp3) is 0.588. The maximum Gasteiger partial charge on any atom is 0.411 e. The molecule has 0 saturated heterocycles. The first kappa shape index (κ1) is 17.5. The van der Waals surface area contributed by atoms with Gasteiger partial charge in [-0.2, -0.15) is 0 Å². The molecule has 0 bridgehead atoms. The smallest absolute Gasteiger partial charge is 0.411 e. The number of anilines is 1. The van der Waals surface area contributed by atoms with E-state index in [2.05, 4.69) is 24.1 Å². The molecule has 0 aliphatic carbocycles. The van der Waals surface area contributed by atoms with E-state index in [4.69, 9.17) is 4.74 Å². The minimum atomic E-state index is -0.382. The number of amides is 1. The molecule has 118 valence electrons. The molecule has 0 atom stereocenters. The summed E-state index contributed by atoms with van der Waals surface area (Å²) in [4.78, 5) is 14.0. The van der Waals surface area contributed by atoms with Crippen molar-refractivity contribution in [1.29, 1.82) is 0 Å². The lowest BCUT2D eigenvalue weighted by atomic mass is 10.2. The summed E-state index contributed by atoms with van der Waals surface area (Å²) in [5, 5.41) is 2.72. The number of hydrogen-bond acceptors (Lipinski definition) is 3. The lowest BCUT2D eigenvalue weighted by Crippen LogP contribution is -2.31. The second-order valence-corrected chi connectivity index (χ2v) is 5.18. The third-order valence-corrected chi connectivity index (χ3v) is 3.32. The highest BCUT2D eigenvalue weighted by Gasteiger charge is 2.06. The molecule has 4 nitrogen and oxygen atoms in total. The molecule has 4 heteroatoms. The van der Waals surface area contributed by atoms with E-state index in [-0.39, 0.29) is 6.09 Å². The van der Waals surface area contributed by atoms with Crippen molar-refractivity contribution in [3.63, 3.8) is 0 Å². The zero-order valence-electron chi connectivity index (χ0n) is 13.3. The van der Waals surface area contributed by atoms with Crippen LogP contribution in [0.25, 0.3) is 0 Å².